The van der Waals surface area contributed by atoms with Crippen molar-refractivity contribution < 1.29 is 19.4 Å². The second-order valence-corrected chi connectivity index (χ2v) is 4.93. The van der Waals surface area contributed by atoms with Crippen LogP contribution in [0.4, 0.5) is 5.69 Å². The lowest BCUT2D eigenvalue weighted by Gasteiger charge is -2.23. The Labute approximate surface area is 117 Å². The van der Waals surface area contributed by atoms with Crippen LogP contribution < -0.4 is 9.64 Å². The van der Waals surface area contributed by atoms with Gasteiger partial charge in [0.2, 0.25) is 5.91 Å². The molecule has 0 unspecified atom stereocenters. The van der Waals surface area contributed by atoms with Crippen molar-refractivity contribution in [3.8, 4) is 5.75 Å². The fourth-order valence-electron chi connectivity index (χ4n) is 2.05. The second kappa shape index (κ2) is 5.92. The van der Waals surface area contributed by atoms with Gasteiger partial charge in [0.1, 0.15) is 5.75 Å². The monoisotopic (exact) mass is 278 g/mol. The number of rotatable bonds is 4. The summed E-state index contributed by atoms with van der Waals surface area (Å²) in [6.45, 7) is 1.55. The molecule has 1 aliphatic heterocycles. The predicted molar refractivity (Wildman–Crippen MR) is 74.4 cm³/mol. The van der Waals surface area contributed by atoms with Crippen LogP contribution in [0, 0.1) is 0 Å². The summed E-state index contributed by atoms with van der Waals surface area (Å²) in [4.78, 5) is 26.8. The van der Waals surface area contributed by atoms with Gasteiger partial charge in [-0.2, -0.15) is 0 Å². The number of likely N-dealkylation sites (N-methyl/N-ethyl adjacent to an activating group) is 1. The average molecular weight is 278 g/mol. The molecular formula is C14H18N2O4. The molecule has 1 N–H and O–H groups in total. The number of hydrogen-bond donors (Lipinski definition) is 1. The van der Waals surface area contributed by atoms with Crippen LogP contribution in [-0.4, -0.2) is 55.7 Å². The lowest BCUT2D eigenvalue weighted by atomic mass is 10.1. The maximum Gasteiger partial charge on any atom is 0.335 e. The Morgan fingerprint density at radius 3 is 2.85 bits per heavy atom. The van der Waals surface area contributed by atoms with Gasteiger partial charge in [-0.05, 0) is 32.3 Å². The van der Waals surface area contributed by atoms with Crippen molar-refractivity contribution in [3.63, 3.8) is 0 Å². The van der Waals surface area contributed by atoms with Crippen molar-refractivity contribution in [2.75, 3.05) is 38.7 Å². The molecule has 0 fully saturated rings. The molecule has 1 aromatic carbocycles. The van der Waals surface area contributed by atoms with E-state index in [-0.39, 0.29) is 18.1 Å². The van der Waals surface area contributed by atoms with Crippen molar-refractivity contribution in [2.45, 2.75) is 6.42 Å². The number of carbonyl (C=O) groups excluding carboxylic acids is 1. The zero-order valence-electron chi connectivity index (χ0n) is 11.6. The van der Waals surface area contributed by atoms with Gasteiger partial charge in [-0.15, -0.1) is 0 Å². The standard InChI is InChI=1S/C14H18N2O4/c1-15(2)6-7-16-11-4-3-10(14(18)19)9-12(11)20-8-5-13(16)17/h3-4,9H,5-8H2,1-2H3,(H,18,19). The van der Waals surface area contributed by atoms with E-state index in [0.29, 0.717) is 24.4 Å². The first-order valence-corrected chi connectivity index (χ1v) is 6.44. The molecule has 1 aromatic rings. The van der Waals surface area contributed by atoms with Crippen LogP contribution in [0.5, 0.6) is 5.75 Å². The minimum atomic E-state index is -1.01. The van der Waals surface area contributed by atoms with Gasteiger partial charge in [-0.25, -0.2) is 4.79 Å². The molecule has 0 atom stereocenters. The smallest absolute Gasteiger partial charge is 0.335 e. The number of carboxylic acids is 1. The summed E-state index contributed by atoms with van der Waals surface area (Å²) < 4.78 is 5.51. The van der Waals surface area contributed by atoms with Crippen molar-refractivity contribution >= 4 is 17.6 Å². The number of nitrogens with zero attached hydrogens (tertiary/aromatic N) is 2. The lowest BCUT2D eigenvalue weighted by Crippen LogP contribution is -2.36. The van der Waals surface area contributed by atoms with Crippen molar-refractivity contribution in [1.82, 2.24) is 4.90 Å². The largest absolute Gasteiger partial charge is 0.491 e. The topological polar surface area (TPSA) is 70.1 Å². The summed E-state index contributed by atoms with van der Waals surface area (Å²) in [5, 5.41) is 9.01. The highest BCUT2D eigenvalue weighted by Crippen LogP contribution is 2.32. The fourth-order valence-corrected chi connectivity index (χ4v) is 2.05. The summed E-state index contributed by atoms with van der Waals surface area (Å²) in [5.74, 6) is -0.560. The number of fused-ring (bicyclic) bond motifs is 1. The minimum absolute atomic E-state index is 0.00586. The fraction of sp³-hybridized carbons (Fsp3) is 0.429. The van der Waals surface area contributed by atoms with Gasteiger partial charge in [0.15, 0.2) is 0 Å². The molecule has 0 aliphatic carbocycles. The first kappa shape index (κ1) is 14.3. The molecular weight excluding hydrogens is 260 g/mol. The highest BCUT2D eigenvalue weighted by atomic mass is 16.5. The van der Waals surface area contributed by atoms with Crippen LogP contribution in [0.3, 0.4) is 0 Å². The number of hydrogen-bond acceptors (Lipinski definition) is 4. The molecule has 6 nitrogen and oxygen atoms in total. The molecule has 0 bridgehead atoms. The molecule has 6 heteroatoms. The molecule has 0 saturated heterocycles. The maximum absolute atomic E-state index is 12.1. The maximum atomic E-state index is 12.1. The molecule has 0 spiro atoms. The number of amides is 1. The van der Waals surface area contributed by atoms with Crippen LogP contribution in [-0.2, 0) is 4.79 Å². The second-order valence-electron chi connectivity index (χ2n) is 4.93. The summed E-state index contributed by atoms with van der Waals surface area (Å²) in [6, 6.07) is 4.60. The molecule has 0 radical (unpaired) electrons. The third-order valence-electron chi connectivity index (χ3n) is 3.14. The summed E-state index contributed by atoms with van der Waals surface area (Å²) >= 11 is 0. The molecule has 1 amide bonds. The molecule has 0 aromatic heterocycles. The number of carbonyl (C=O) groups is 2. The zero-order valence-corrected chi connectivity index (χ0v) is 11.6. The molecule has 1 heterocycles. The number of anilines is 1. The Bertz CT molecular complexity index is 528. The van der Waals surface area contributed by atoms with Crippen LogP contribution in [0.15, 0.2) is 18.2 Å². The Morgan fingerprint density at radius 1 is 1.45 bits per heavy atom. The van der Waals surface area contributed by atoms with E-state index in [4.69, 9.17) is 9.84 Å². The van der Waals surface area contributed by atoms with Gasteiger partial charge in [-0.3, -0.25) is 4.79 Å². The first-order chi connectivity index (χ1) is 9.49. The predicted octanol–water partition coefficient (Wildman–Crippen LogP) is 1.06. The molecule has 108 valence electrons. The van der Waals surface area contributed by atoms with Gasteiger partial charge < -0.3 is 19.6 Å². The van der Waals surface area contributed by atoms with E-state index in [1.165, 1.54) is 12.1 Å². The highest BCUT2D eigenvalue weighted by molar-refractivity contribution is 5.97. The number of carboxylic acid groups (broad SMARTS) is 1. The van der Waals surface area contributed by atoms with E-state index in [2.05, 4.69) is 0 Å². The van der Waals surface area contributed by atoms with Gasteiger partial charge in [-0.1, -0.05) is 0 Å². The van der Waals surface area contributed by atoms with Crippen LogP contribution in [0.25, 0.3) is 0 Å². The van der Waals surface area contributed by atoms with E-state index in [1.807, 2.05) is 19.0 Å². The van der Waals surface area contributed by atoms with Gasteiger partial charge in [0.25, 0.3) is 0 Å². The van der Waals surface area contributed by atoms with Crippen molar-refractivity contribution in [2.24, 2.45) is 0 Å². The number of benzene rings is 1. The van der Waals surface area contributed by atoms with Crippen molar-refractivity contribution in [3.05, 3.63) is 23.8 Å². The third kappa shape index (κ3) is 3.08. The number of aromatic carboxylic acids is 1. The normalized spacial score (nSPS) is 14.8. The van der Waals surface area contributed by atoms with Crippen molar-refractivity contribution in [1.29, 1.82) is 0 Å². The van der Waals surface area contributed by atoms with Gasteiger partial charge in [0, 0.05) is 13.1 Å². The Morgan fingerprint density at radius 2 is 2.20 bits per heavy atom. The summed E-state index contributed by atoms with van der Waals surface area (Å²) in [6.07, 6.45) is 0.296. The average Bonchev–Trinajstić information content (AvgIpc) is 2.54. The Balaban J connectivity index is 2.33. The van der Waals surface area contributed by atoms with Crippen LogP contribution in [0.2, 0.25) is 0 Å². The molecule has 0 saturated carbocycles. The van der Waals surface area contributed by atoms with Crippen LogP contribution in [0.1, 0.15) is 16.8 Å². The van der Waals surface area contributed by atoms with Crippen LogP contribution >= 0.6 is 0 Å². The van der Waals surface area contributed by atoms with E-state index in [9.17, 15) is 9.59 Å². The Kier molecular flexibility index (Phi) is 4.24. The molecule has 20 heavy (non-hydrogen) atoms. The zero-order chi connectivity index (χ0) is 14.7. The van der Waals surface area contributed by atoms with E-state index in [0.717, 1.165) is 6.54 Å². The third-order valence-corrected chi connectivity index (χ3v) is 3.14. The Hall–Kier alpha value is -2.08. The molecule has 2 rings (SSSR count). The van der Waals surface area contributed by atoms with Gasteiger partial charge in [0.05, 0.1) is 24.3 Å². The SMILES string of the molecule is CN(C)CCN1C(=O)CCOc2cc(C(=O)O)ccc21. The van der Waals surface area contributed by atoms with Gasteiger partial charge >= 0.3 is 5.97 Å². The number of ether oxygens (including phenoxy) is 1. The highest BCUT2D eigenvalue weighted by Gasteiger charge is 2.24. The lowest BCUT2D eigenvalue weighted by molar-refractivity contribution is -0.118. The minimum Gasteiger partial charge on any atom is -0.491 e. The van der Waals surface area contributed by atoms with E-state index < -0.39 is 5.97 Å². The van der Waals surface area contributed by atoms with E-state index >= 15 is 0 Å². The summed E-state index contributed by atoms with van der Waals surface area (Å²) in [7, 11) is 3.88. The summed E-state index contributed by atoms with van der Waals surface area (Å²) in [5.41, 5.74) is 0.796. The van der Waals surface area contributed by atoms with E-state index in [1.54, 1.807) is 11.0 Å². The molecule has 1 aliphatic rings. The first-order valence-electron chi connectivity index (χ1n) is 6.44. The quantitative estimate of drug-likeness (QED) is 0.892.